The summed E-state index contributed by atoms with van der Waals surface area (Å²) < 4.78 is 7.29. The van der Waals surface area contributed by atoms with Gasteiger partial charge in [0.1, 0.15) is 17.4 Å². The molecule has 5 rings (SSSR count). The average Bonchev–Trinajstić information content (AvgIpc) is 3.01. The highest BCUT2D eigenvalue weighted by Crippen LogP contribution is 2.55. The molecule has 2 aromatic carbocycles. The van der Waals surface area contributed by atoms with Crippen LogP contribution in [0.2, 0.25) is 0 Å². The van der Waals surface area contributed by atoms with Gasteiger partial charge >= 0.3 is 0 Å². The summed E-state index contributed by atoms with van der Waals surface area (Å²) in [4.78, 5) is 29.1. The van der Waals surface area contributed by atoms with Crippen LogP contribution in [-0.2, 0) is 17.3 Å². The van der Waals surface area contributed by atoms with E-state index in [0.717, 1.165) is 0 Å². The number of aromatic nitrogens is 1. The van der Waals surface area contributed by atoms with Gasteiger partial charge in [-0.2, -0.15) is 5.26 Å². The molecule has 31 heavy (non-hydrogen) atoms. The largest absolute Gasteiger partial charge is 0.439 e. The van der Waals surface area contributed by atoms with Crippen molar-refractivity contribution in [3.05, 3.63) is 81.5 Å². The van der Waals surface area contributed by atoms with Crippen molar-refractivity contribution < 1.29 is 9.53 Å². The Morgan fingerprint density at radius 1 is 1.16 bits per heavy atom. The van der Waals surface area contributed by atoms with E-state index < -0.39 is 16.9 Å². The van der Waals surface area contributed by atoms with E-state index in [4.69, 9.17) is 16.9 Å². The monoisotopic (exact) mass is 408 g/mol. The number of hydrogen-bond acceptors (Lipinski definition) is 5. The number of aryl methyl sites for hydroxylation is 1. The molecule has 0 saturated carbocycles. The van der Waals surface area contributed by atoms with Crippen molar-refractivity contribution in [3.63, 3.8) is 0 Å². The van der Waals surface area contributed by atoms with Gasteiger partial charge in [-0.15, -0.1) is 6.42 Å². The molecule has 7 heteroatoms. The summed E-state index contributed by atoms with van der Waals surface area (Å²) in [5.41, 5.74) is 5.59. The van der Waals surface area contributed by atoms with Crippen molar-refractivity contribution in [3.8, 4) is 24.2 Å². The fourth-order valence-corrected chi connectivity index (χ4v) is 4.70. The van der Waals surface area contributed by atoms with Crippen molar-refractivity contribution in [2.45, 2.75) is 5.41 Å². The number of pyridine rings is 1. The number of nitrogens with zero attached hydrogens (tertiary/aromatic N) is 3. The summed E-state index contributed by atoms with van der Waals surface area (Å²) in [6.45, 7) is -0.0136. The summed E-state index contributed by atoms with van der Waals surface area (Å²) in [5, 5.41) is 10.7. The first kappa shape index (κ1) is 18.5. The van der Waals surface area contributed by atoms with Crippen LogP contribution in [0, 0.1) is 23.7 Å². The predicted molar refractivity (Wildman–Crippen MR) is 115 cm³/mol. The Hall–Kier alpha value is -4.49. The van der Waals surface area contributed by atoms with Gasteiger partial charge in [0.2, 0.25) is 11.8 Å². The highest BCUT2D eigenvalue weighted by molar-refractivity contribution is 6.15. The van der Waals surface area contributed by atoms with Crippen LogP contribution in [0.3, 0.4) is 0 Å². The Bertz CT molecular complexity index is 1490. The predicted octanol–water partition coefficient (Wildman–Crippen LogP) is 1.89. The molecule has 0 unspecified atom stereocenters. The number of carbonyl (C=O) groups is 1. The molecule has 1 aromatic heterocycles. The molecule has 2 aliphatic rings. The number of nitriles is 1. The molecule has 3 aromatic rings. The smallest absolute Gasteiger partial charge is 0.259 e. The Morgan fingerprint density at radius 2 is 1.87 bits per heavy atom. The van der Waals surface area contributed by atoms with Gasteiger partial charge in [0, 0.05) is 23.7 Å². The van der Waals surface area contributed by atoms with E-state index in [1.54, 1.807) is 55.6 Å². The lowest BCUT2D eigenvalue weighted by molar-refractivity contribution is -0.120. The van der Waals surface area contributed by atoms with Crippen LogP contribution < -0.4 is 20.9 Å². The number of nitrogens with two attached hydrogens (primary N) is 1. The van der Waals surface area contributed by atoms with Crippen LogP contribution in [0.25, 0.3) is 10.9 Å². The number of carbonyl (C=O) groups excluding carboxylic acids is 1. The molecule has 2 N–H and O–H groups in total. The lowest BCUT2D eigenvalue weighted by Crippen LogP contribution is -2.49. The third-order valence-corrected chi connectivity index (χ3v) is 5.99. The second-order valence-corrected chi connectivity index (χ2v) is 7.40. The maximum atomic E-state index is 14.0. The molecule has 0 saturated heterocycles. The number of ether oxygens (including phenoxy) is 1. The molecule has 1 atom stereocenters. The van der Waals surface area contributed by atoms with Gasteiger partial charge in [-0.25, -0.2) is 0 Å². The van der Waals surface area contributed by atoms with Gasteiger partial charge in [0.05, 0.1) is 17.6 Å². The summed E-state index contributed by atoms with van der Waals surface area (Å²) in [5.74, 6) is 1.96. The number of rotatable bonds is 1. The Kier molecular flexibility index (Phi) is 3.74. The zero-order valence-electron chi connectivity index (χ0n) is 16.5. The second kappa shape index (κ2) is 6.25. The van der Waals surface area contributed by atoms with Crippen LogP contribution in [0.4, 0.5) is 5.69 Å². The van der Waals surface area contributed by atoms with Crippen molar-refractivity contribution in [1.29, 1.82) is 5.26 Å². The first-order valence-corrected chi connectivity index (χ1v) is 9.53. The lowest BCUT2D eigenvalue weighted by atomic mass is 9.69. The SMILES string of the molecule is C#CCN1C(=O)[C@]2(C(C#N)=C(N)Oc3c2c(=O)n(C)c2ccccc32)c2ccccc21. The normalized spacial score (nSPS) is 19.1. The van der Waals surface area contributed by atoms with Crippen LogP contribution in [-0.4, -0.2) is 17.0 Å². The number of terminal acetylenes is 1. The van der Waals surface area contributed by atoms with E-state index in [9.17, 15) is 14.9 Å². The van der Waals surface area contributed by atoms with Gasteiger partial charge in [-0.1, -0.05) is 36.3 Å². The molecule has 0 fully saturated rings. The fourth-order valence-electron chi connectivity index (χ4n) is 4.70. The lowest BCUT2D eigenvalue weighted by Gasteiger charge is -2.34. The highest BCUT2D eigenvalue weighted by atomic mass is 16.5. The Balaban J connectivity index is 2.03. The van der Waals surface area contributed by atoms with Crippen molar-refractivity contribution >= 4 is 22.5 Å². The fraction of sp³-hybridized carbons (Fsp3) is 0.125. The van der Waals surface area contributed by atoms with Gasteiger partial charge in [0.25, 0.3) is 5.56 Å². The highest BCUT2D eigenvalue weighted by Gasteiger charge is 2.60. The third kappa shape index (κ3) is 2.07. The van der Waals surface area contributed by atoms with Crippen LogP contribution in [0.1, 0.15) is 11.1 Å². The second-order valence-electron chi connectivity index (χ2n) is 7.40. The zero-order chi connectivity index (χ0) is 21.9. The molecule has 1 spiro atoms. The summed E-state index contributed by atoms with van der Waals surface area (Å²) in [6.07, 6.45) is 5.53. The van der Waals surface area contributed by atoms with Crippen molar-refractivity contribution in [2.24, 2.45) is 12.8 Å². The molecule has 0 aliphatic carbocycles. The standard InChI is InChI=1S/C24H16N4O3/c1-3-12-28-18-11-7-5-9-15(18)24(23(28)30)16(13-25)21(26)31-20-14-8-4-6-10-17(14)27(2)22(29)19(20)24/h1,4-11H,12,26H2,2H3/t24-/m0/s1. The van der Waals surface area contributed by atoms with E-state index in [1.165, 1.54) is 9.47 Å². The van der Waals surface area contributed by atoms with Gasteiger partial charge in [-0.3, -0.25) is 14.5 Å². The minimum absolute atomic E-state index is 0.0136. The molecule has 150 valence electrons. The van der Waals surface area contributed by atoms with Gasteiger partial charge in [0.15, 0.2) is 5.41 Å². The Labute approximate surface area is 177 Å². The van der Waals surface area contributed by atoms with Crippen molar-refractivity contribution in [2.75, 3.05) is 11.4 Å². The number of amides is 1. The van der Waals surface area contributed by atoms with Crippen LogP contribution >= 0.6 is 0 Å². The molecule has 0 bridgehead atoms. The van der Waals surface area contributed by atoms with Gasteiger partial charge < -0.3 is 15.0 Å². The molecule has 7 nitrogen and oxygen atoms in total. The minimum Gasteiger partial charge on any atom is -0.439 e. The number of para-hydroxylation sites is 2. The first-order chi connectivity index (χ1) is 15.0. The van der Waals surface area contributed by atoms with Gasteiger partial charge in [-0.05, 0) is 18.2 Å². The molecular formula is C24H16N4O3. The van der Waals surface area contributed by atoms with E-state index in [-0.39, 0.29) is 29.3 Å². The third-order valence-electron chi connectivity index (χ3n) is 5.99. The molecule has 3 heterocycles. The molecule has 2 aliphatic heterocycles. The summed E-state index contributed by atoms with van der Waals surface area (Å²) in [6, 6.07) is 16.2. The van der Waals surface area contributed by atoms with E-state index in [0.29, 0.717) is 22.2 Å². The number of hydrogen-bond donors (Lipinski definition) is 1. The Morgan fingerprint density at radius 3 is 2.61 bits per heavy atom. The topological polar surface area (TPSA) is 101 Å². The quantitative estimate of drug-likeness (QED) is 0.620. The maximum Gasteiger partial charge on any atom is 0.259 e. The molecule has 1 amide bonds. The zero-order valence-corrected chi connectivity index (χ0v) is 16.5. The summed E-state index contributed by atoms with van der Waals surface area (Å²) in [7, 11) is 1.62. The number of fused-ring (bicyclic) bond motifs is 6. The number of anilines is 1. The van der Waals surface area contributed by atoms with E-state index in [2.05, 4.69) is 5.92 Å². The average molecular weight is 408 g/mol. The molecule has 0 radical (unpaired) electrons. The van der Waals surface area contributed by atoms with E-state index >= 15 is 0 Å². The van der Waals surface area contributed by atoms with Crippen LogP contribution in [0.15, 0.2) is 64.8 Å². The summed E-state index contributed by atoms with van der Waals surface area (Å²) >= 11 is 0. The van der Waals surface area contributed by atoms with Crippen molar-refractivity contribution in [1.82, 2.24) is 4.57 Å². The number of benzene rings is 2. The maximum absolute atomic E-state index is 14.0. The van der Waals surface area contributed by atoms with Crippen LogP contribution in [0.5, 0.6) is 5.75 Å². The van der Waals surface area contributed by atoms with E-state index in [1.807, 2.05) is 6.07 Å². The minimum atomic E-state index is -1.74. The first-order valence-electron chi connectivity index (χ1n) is 9.53. The molecular weight excluding hydrogens is 392 g/mol.